The van der Waals surface area contributed by atoms with Crippen LogP contribution in [0.25, 0.3) is 10.2 Å². The highest BCUT2D eigenvalue weighted by atomic mass is 32.1. The van der Waals surface area contributed by atoms with Gasteiger partial charge in [0.15, 0.2) is 0 Å². The van der Waals surface area contributed by atoms with Gasteiger partial charge in [0.2, 0.25) is 5.95 Å². The molecular formula is C16H26N4S. The largest absolute Gasteiger partial charge is 0.364 e. The molecule has 0 saturated carbocycles. The van der Waals surface area contributed by atoms with Crippen molar-refractivity contribution in [3.05, 3.63) is 10.9 Å². The molecule has 0 amide bonds. The van der Waals surface area contributed by atoms with Crippen molar-refractivity contribution in [2.24, 2.45) is 0 Å². The van der Waals surface area contributed by atoms with E-state index in [1.54, 1.807) is 11.3 Å². The van der Waals surface area contributed by atoms with E-state index in [2.05, 4.69) is 56.3 Å². The van der Waals surface area contributed by atoms with Crippen LogP contribution in [0, 0.1) is 6.92 Å². The van der Waals surface area contributed by atoms with E-state index < -0.39 is 0 Å². The van der Waals surface area contributed by atoms with E-state index in [1.165, 1.54) is 4.88 Å². The number of hydrogen-bond acceptors (Lipinski definition) is 5. The van der Waals surface area contributed by atoms with Crippen molar-refractivity contribution >= 4 is 33.3 Å². The zero-order valence-corrected chi connectivity index (χ0v) is 14.5. The van der Waals surface area contributed by atoms with E-state index in [0.29, 0.717) is 0 Å². The van der Waals surface area contributed by atoms with Crippen LogP contribution in [0.15, 0.2) is 6.07 Å². The summed E-state index contributed by atoms with van der Waals surface area (Å²) in [5.41, 5.74) is 0.0686. The maximum atomic E-state index is 4.71. The van der Waals surface area contributed by atoms with Crippen LogP contribution in [0.5, 0.6) is 0 Å². The normalized spacial score (nSPS) is 11.9. The molecular weight excluding hydrogens is 280 g/mol. The van der Waals surface area contributed by atoms with Crippen LogP contribution in [0.3, 0.4) is 0 Å². The summed E-state index contributed by atoms with van der Waals surface area (Å²) in [5.74, 6) is 1.68. The number of anilines is 2. The van der Waals surface area contributed by atoms with Gasteiger partial charge in [-0.15, -0.1) is 11.3 Å². The Balaban J connectivity index is 2.43. The summed E-state index contributed by atoms with van der Waals surface area (Å²) in [5, 5.41) is 8.08. The van der Waals surface area contributed by atoms with Crippen molar-refractivity contribution in [3.8, 4) is 0 Å². The molecule has 0 aliphatic rings. The molecule has 0 unspecified atom stereocenters. The van der Waals surface area contributed by atoms with Crippen LogP contribution in [0.2, 0.25) is 0 Å². The van der Waals surface area contributed by atoms with Crippen molar-refractivity contribution in [2.75, 3.05) is 17.2 Å². The molecule has 21 heavy (non-hydrogen) atoms. The lowest BCUT2D eigenvalue weighted by molar-refractivity contribution is 0.477. The summed E-state index contributed by atoms with van der Waals surface area (Å²) in [6.07, 6.45) is 3.20. The Bertz CT molecular complexity index is 602. The minimum Gasteiger partial charge on any atom is -0.364 e. The molecule has 2 rings (SSSR count). The maximum absolute atomic E-state index is 4.71. The Labute approximate surface area is 131 Å². The van der Waals surface area contributed by atoms with Gasteiger partial charge in [-0.05, 0) is 39.2 Å². The van der Waals surface area contributed by atoms with Gasteiger partial charge in [0.25, 0.3) is 0 Å². The Kier molecular flexibility index (Phi) is 5.04. The molecule has 0 saturated heterocycles. The van der Waals surface area contributed by atoms with E-state index in [1.807, 2.05) is 0 Å². The maximum Gasteiger partial charge on any atom is 0.226 e. The summed E-state index contributed by atoms with van der Waals surface area (Å²) in [4.78, 5) is 11.7. The number of nitrogens with zero attached hydrogens (tertiary/aromatic N) is 2. The molecule has 0 radical (unpaired) electrons. The molecule has 0 bridgehead atoms. The number of thiophene rings is 1. The van der Waals surface area contributed by atoms with Crippen molar-refractivity contribution in [3.63, 3.8) is 0 Å². The first kappa shape index (κ1) is 16.0. The van der Waals surface area contributed by atoms with Crippen LogP contribution >= 0.6 is 11.3 Å². The van der Waals surface area contributed by atoms with Gasteiger partial charge in [0, 0.05) is 17.0 Å². The number of aromatic nitrogens is 2. The second-order valence-corrected chi connectivity index (χ2v) is 7.03. The Hall–Kier alpha value is -1.36. The molecule has 116 valence electrons. The van der Waals surface area contributed by atoms with E-state index in [0.717, 1.165) is 47.8 Å². The number of aryl methyl sites for hydroxylation is 1. The first-order valence-electron chi connectivity index (χ1n) is 7.81. The van der Waals surface area contributed by atoms with Crippen LogP contribution in [-0.4, -0.2) is 22.1 Å². The smallest absolute Gasteiger partial charge is 0.226 e. The van der Waals surface area contributed by atoms with E-state index in [-0.39, 0.29) is 5.54 Å². The van der Waals surface area contributed by atoms with Gasteiger partial charge in [-0.1, -0.05) is 20.8 Å². The Morgan fingerprint density at radius 2 is 1.90 bits per heavy atom. The van der Waals surface area contributed by atoms with Crippen LogP contribution in [-0.2, 0) is 0 Å². The summed E-state index contributed by atoms with van der Waals surface area (Å²) < 4.78 is 0. The topological polar surface area (TPSA) is 49.8 Å². The van der Waals surface area contributed by atoms with Crippen LogP contribution in [0.4, 0.5) is 11.8 Å². The highest BCUT2D eigenvalue weighted by Crippen LogP contribution is 2.32. The second-order valence-electron chi connectivity index (χ2n) is 5.79. The van der Waals surface area contributed by atoms with Gasteiger partial charge < -0.3 is 10.6 Å². The van der Waals surface area contributed by atoms with Crippen molar-refractivity contribution < 1.29 is 0 Å². The number of nitrogens with one attached hydrogen (secondary N) is 2. The van der Waals surface area contributed by atoms with Gasteiger partial charge in [-0.2, -0.15) is 4.98 Å². The summed E-state index contributed by atoms with van der Waals surface area (Å²) >= 11 is 1.72. The number of hydrogen-bond donors (Lipinski definition) is 2. The lowest BCUT2D eigenvalue weighted by Crippen LogP contribution is -2.33. The molecule has 4 nitrogen and oxygen atoms in total. The highest BCUT2D eigenvalue weighted by molar-refractivity contribution is 7.18. The van der Waals surface area contributed by atoms with Gasteiger partial charge in [-0.25, -0.2) is 4.98 Å². The molecule has 0 spiro atoms. The average Bonchev–Trinajstić information content (AvgIpc) is 2.85. The van der Waals surface area contributed by atoms with Crippen LogP contribution in [0.1, 0.15) is 51.8 Å². The zero-order chi connectivity index (χ0) is 15.5. The number of rotatable bonds is 7. The molecule has 5 heteroatoms. The van der Waals surface area contributed by atoms with E-state index in [4.69, 9.17) is 4.98 Å². The molecule has 0 aromatic carbocycles. The quantitative estimate of drug-likeness (QED) is 0.770. The molecule has 0 aliphatic heterocycles. The lowest BCUT2D eigenvalue weighted by atomic mass is 9.95. The third-order valence-corrected chi connectivity index (χ3v) is 4.97. The third kappa shape index (κ3) is 3.64. The van der Waals surface area contributed by atoms with Crippen molar-refractivity contribution in [1.29, 1.82) is 0 Å². The molecule has 2 heterocycles. The Morgan fingerprint density at radius 3 is 2.52 bits per heavy atom. The monoisotopic (exact) mass is 306 g/mol. The highest BCUT2D eigenvalue weighted by Gasteiger charge is 2.22. The van der Waals surface area contributed by atoms with Gasteiger partial charge in [0.1, 0.15) is 10.6 Å². The van der Waals surface area contributed by atoms with Crippen LogP contribution < -0.4 is 10.6 Å². The number of fused-ring (bicyclic) bond motifs is 1. The average molecular weight is 306 g/mol. The molecule has 2 aromatic rings. The zero-order valence-electron chi connectivity index (χ0n) is 13.7. The molecule has 2 aromatic heterocycles. The fraction of sp³-hybridized carbons (Fsp3) is 0.625. The second kappa shape index (κ2) is 6.60. The predicted octanol–water partition coefficient (Wildman–Crippen LogP) is 4.81. The van der Waals surface area contributed by atoms with Crippen molar-refractivity contribution in [2.45, 2.75) is 59.4 Å². The summed E-state index contributed by atoms with van der Waals surface area (Å²) in [6, 6.07) is 2.18. The van der Waals surface area contributed by atoms with E-state index in [9.17, 15) is 0 Å². The SMILES string of the molecule is CCCNc1nc(NC(C)(CC)CC)c2cc(C)sc2n1. The lowest BCUT2D eigenvalue weighted by Gasteiger charge is -2.29. The van der Waals surface area contributed by atoms with E-state index >= 15 is 0 Å². The minimum absolute atomic E-state index is 0.0686. The van der Waals surface area contributed by atoms with Gasteiger partial charge in [0.05, 0.1) is 5.39 Å². The summed E-state index contributed by atoms with van der Waals surface area (Å²) in [7, 11) is 0. The first-order chi connectivity index (χ1) is 10.0. The van der Waals surface area contributed by atoms with Gasteiger partial charge in [-0.3, -0.25) is 0 Å². The molecule has 2 N–H and O–H groups in total. The molecule has 0 fully saturated rings. The fourth-order valence-electron chi connectivity index (χ4n) is 2.17. The minimum atomic E-state index is 0.0686. The predicted molar refractivity (Wildman–Crippen MR) is 93.5 cm³/mol. The van der Waals surface area contributed by atoms with Gasteiger partial charge >= 0.3 is 0 Å². The van der Waals surface area contributed by atoms with Crippen molar-refractivity contribution in [1.82, 2.24) is 9.97 Å². The third-order valence-electron chi connectivity index (χ3n) is 4.03. The molecule has 0 aliphatic carbocycles. The summed E-state index contributed by atoms with van der Waals surface area (Å²) in [6.45, 7) is 11.8. The fourth-order valence-corrected chi connectivity index (χ4v) is 3.05. The Morgan fingerprint density at radius 1 is 1.19 bits per heavy atom. The standard InChI is InChI=1S/C16H26N4S/c1-6-9-17-15-18-13(20-16(5,7-2)8-3)12-10-11(4)21-14(12)19-15/h10H,6-9H2,1-5H3,(H2,17,18,19,20). The first-order valence-corrected chi connectivity index (χ1v) is 8.63. The molecule has 0 atom stereocenters.